The summed E-state index contributed by atoms with van der Waals surface area (Å²) in [7, 11) is 0. The van der Waals surface area contributed by atoms with Crippen molar-refractivity contribution in [2.75, 3.05) is 6.54 Å². The van der Waals surface area contributed by atoms with Gasteiger partial charge in [-0.25, -0.2) is 9.78 Å². The van der Waals surface area contributed by atoms with Crippen LogP contribution >= 0.6 is 15.9 Å². The van der Waals surface area contributed by atoms with Gasteiger partial charge in [0.1, 0.15) is 17.6 Å². The average molecular weight is 459 g/mol. The van der Waals surface area contributed by atoms with Gasteiger partial charge in [-0.15, -0.1) is 0 Å². The minimum atomic E-state index is -1.20. The number of likely N-dealkylation sites (tertiary alicyclic amines) is 1. The van der Waals surface area contributed by atoms with Crippen molar-refractivity contribution in [1.29, 1.82) is 0 Å². The molecule has 0 aliphatic carbocycles. The second-order valence-electron chi connectivity index (χ2n) is 7.30. The predicted molar refractivity (Wildman–Crippen MR) is 112 cm³/mol. The quantitative estimate of drug-likeness (QED) is 0.610. The monoisotopic (exact) mass is 458 g/mol. The van der Waals surface area contributed by atoms with Gasteiger partial charge in [0.25, 0.3) is 0 Å². The Kier molecular flexibility index (Phi) is 6.60. The molecule has 152 valence electrons. The number of nitrogens with zero attached hydrogens (tertiary/aromatic N) is 2. The van der Waals surface area contributed by atoms with Gasteiger partial charge in [0.05, 0.1) is 12.2 Å². The van der Waals surface area contributed by atoms with Gasteiger partial charge in [-0.3, -0.25) is 4.79 Å². The lowest BCUT2D eigenvalue weighted by Crippen LogP contribution is -2.50. The number of carboxylic acid groups (broad SMARTS) is 1. The van der Waals surface area contributed by atoms with E-state index in [0.29, 0.717) is 18.1 Å². The molecule has 7 nitrogen and oxygen atoms in total. The molecule has 29 heavy (non-hydrogen) atoms. The van der Waals surface area contributed by atoms with E-state index in [0.717, 1.165) is 22.9 Å². The lowest BCUT2D eigenvalue weighted by molar-refractivity contribution is -0.135. The highest BCUT2D eigenvalue weighted by atomic mass is 79.9. The minimum absolute atomic E-state index is 0.149. The highest BCUT2D eigenvalue weighted by Crippen LogP contribution is 2.31. The zero-order valence-electron chi connectivity index (χ0n) is 16.3. The van der Waals surface area contributed by atoms with Crippen LogP contribution in [0.2, 0.25) is 0 Å². The Morgan fingerprint density at radius 1 is 1.31 bits per heavy atom. The number of rotatable bonds is 4. The molecule has 0 saturated carbocycles. The number of aromatic nitrogens is 2. The number of hydrogen-bond acceptors (Lipinski definition) is 3. The number of benzene rings is 1. The Bertz CT molecular complexity index is 943. The van der Waals surface area contributed by atoms with Gasteiger partial charge in [0.2, 0.25) is 5.91 Å². The maximum atomic E-state index is 13.0. The van der Waals surface area contributed by atoms with Crippen LogP contribution in [0.15, 0.2) is 34.9 Å². The molecule has 2 amide bonds. The number of carbonyl (C=O) groups is 2. The van der Waals surface area contributed by atoms with Gasteiger partial charge in [-0.1, -0.05) is 35.7 Å². The predicted octanol–water partition coefficient (Wildman–Crippen LogP) is 3.53. The van der Waals surface area contributed by atoms with E-state index in [1.807, 2.05) is 38.1 Å². The third-order valence-electron chi connectivity index (χ3n) is 4.84. The zero-order chi connectivity index (χ0) is 21.0. The summed E-state index contributed by atoms with van der Waals surface area (Å²) in [5.74, 6) is 6.45. The summed E-state index contributed by atoms with van der Waals surface area (Å²) in [5, 5.41) is 11.4. The van der Waals surface area contributed by atoms with Crippen LogP contribution in [0.4, 0.5) is 4.79 Å². The molecule has 2 aromatic rings. The van der Waals surface area contributed by atoms with Gasteiger partial charge < -0.3 is 20.3 Å². The summed E-state index contributed by atoms with van der Waals surface area (Å²) in [6.07, 6.45) is 2.08. The van der Waals surface area contributed by atoms with Crippen LogP contribution in [0.1, 0.15) is 49.8 Å². The molecule has 0 radical (unpaired) electrons. The van der Waals surface area contributed by atoms with Crippen molar-refractivity contribution < 1.29 is 14.7 Å². The second kappa shape index (κ2) is 9.14. The topological polar surface area (TPSA) is 98.3 Å². The summed E-state index contributed by atoms with van der Waals surface area (Å²) >= 11 is 3.40. The van der Waals surface area contributed by atoms with Crippen molar-refractivity contribution in [2.24, 2.45) is 5.92 Å². The lowest BCUT2D eigenvalue weighted by atomic mass is 10.0. The van der Waals surface area contributed by atoms with Gasteiger partial charge >= 0.3 is 6.09 Å². The van der Waals surface area contributed by atoms with Gasteiger partial charge in [-0.05, 0) is 48.9 Å². The molecule has 1 aliphatic rings. The summed E-state index contributed by atoms with van der Waals surface area (Å²) < 4.78 is 0.995. The summed E-state index contributed by atoms with van der Waals surface area (Å²) in [6, 6.07) is 6.73. The van der Waals surface area contributed by atoms with Crippen LogP contribution in [0.5, 0.6) is 0 Å². The van der Waals surface area contributed by atoms with E-state index in [-0.39, 0.29) is 17.9 Å². The average Bonchev–Trinajstić information content (AvgIpc) is 3.34. The second-order valence-corrected chi connectivity index (χ2v) is 8.22. The maximum Gasteiger partial charge on any atom is 0.405 e. The van der Waals surface area contributed by atoms with Crippen molar-refractivity contribution in [3.63, 3.8) is 0 Å². The molecular formula is C21H23BrN4O3. The highest BCUT2D eigenvalue weighted by Gasteiger charge is 2.37. The summed E-state index contributed by atoms with van der Waals surface area (Å²) in [6.45, 7) is 4.23. The van der Waals surface area contributed by atoms with Crippen LogP contribution < -0.4 is 5.32 Å². The van der Waals surface area contributed by atoms with Crippen LogP contribution in [0.25, 0.3) is 0 Å². The van der Waals surface area contributed by atoms with E-state index in [9.17, 15) is 9.59 Å². The smallest absolute Gasteiger partial charge is 0.405 e. The normalized spacial score (nSPS) is 17.0. The number of amides is 2. The molecule has 2 heterocycles. The maximum absolute atomic E-state index is 13.0. The van der Waals surface area contributed by atoms with E-state index in [2.05, 4.69) is 43.1 Å². The van der Waals surface area contributed by atoms with Crippen LogP contribution in [0.3, 0.4) is 0 Å². The van der Waals surface area contributed by atoms with Gasteiger partial charge in [0, 0.05) is 16.6 Å². The SMILES string of the molecule is CC(C)C(NC(=O)O)C(=O)N1CCCC1c1ncc(C#Cc2ccc(Br)cc2)[nH]1. The van der Waals surface area contributed by atoms with Crippen LogP contribution in [-0.2, 0) is 4.79 Å². The Labute approximate surface area is 178 Å². The first-order chi connectivity index (χ1) is 13.8. The number of halogens is 1. The van der Waals surface area contributed by atoms with E-state index in [1.54, 1.807) is 11.1 Å². The minimum Gasteiger partial charge on any atom is -0.465 e. The fourth-order valence-corrected chi connectivity index (χ4v) is 3.65. The van der Waals surface area contributed by atoms with Crippen molar-refractivity contribution in [2.45, 2.75) is 38.8 Å². The van der Waals surface area contributed by atoms with Crippen LogP contribution in [0, 0.1) is 17.8 Å². The number of H-pyrrole nitrogens is 1. The molecule has 1 fully saturated rings. The third kappa shape index (κ3) is 5.18. The Morgan fingerprint density at radius 2 is 2.03 bits per heavy atom. The molecule has 8 heteroatoms. The molecule has 2 atom stereocenters. The fraction of sp³-hybridized carbons (Fsp3) is 0.381. The first kappa shape index (κ1) is 20.9. The van der Waals surface area contributed by atoms with Crippen molar-refractivity contribution in [1.82, 2.24) is 20.2 Å². The van der Waals surface area contributed by atoms with E-state index >= 15 is 0 Å². The van der Waals surface area contributed by atoms with Gasteiger partial charge in [0.15, 0.2) is 0 Å². The molecule has 1 aromatic carbocycles. The highest BCUT2D eigenvalue weighted by molar-refractivity contribution is 9.10. The Balaban J connectivity index is 1.75. The molecule has 1 aromatic heterocycles. The third-order valence-corrected chi connectivity index (χ3v) is 5.37. The summed E-state index contributed by atoms with van der Waals surface area (Å²) in [5.41, 5.74) is 1.56. The fourth-order valence-electron chi connectivity index (χ4n) is 3.38. The number of aromatic amines is 1. The largest absolute Gasteiger partial charge is 0.465 e. The standard InChI is InChI=1S/C21H23BrN4O3/c1-13(2)18(25-21(28)29)20(27)26-11-3-4-17(26)19-23-12-16(24-19)10-7-14-5-8-15(22)9-6-14/h5-6,8-9,12-13,17-18,25H,3-4,11H2,1-2H3,(H,23,24)(H,28,29). The molecule has 3 N–H and O–H groups in total. The van der Waals surface area contributed by atoms with Crippen LogP contribution in [-0.4, -0.2) is 44.6 Å². The van der Waals surface area contributed by atoms with Crippen molar-refractivity contribution in [3.8, 4) is 11.8 Å². The summed E-state index contributed by atoms with van der Waals surface area (Å²) in [4.78, 5) is 33.4. The van der Waals surface area contributed by atoms with Crippen molar-refractivity contribution >= 4 is 27.9 Å². The van der Waals surface area contributed by atoms with Gasteiger partial charge in [-0.2, -0.15) is 0 Å². The van der Waals surface area contributed by atoms with E-state index in [4.69, 9.17) is 5.11 Å². The number of hydrogen-bond donors (Lipinski definition) is 3. The first-order valence-electron chi connectivity index (χ1n) is 9.47. The molecular weight excluding hydrogens is 436 g/mol. The Hall–Kier alpha value is -2.79. The zero-order valence-corrected chi connectivity index (χ0v) is 17.9. The molecule has 1 aliphatic heterocycles. The van der Waals surface area contributed by atoms with E-state index in [1.165, 1.54) is 0 Å². The van der Waals surface area contributed by atoms with Crippen molar-refractivity contribution in [3.05, 3.63) is 52.0 Å². The molecule has 0 spiro atoms. The number of carbonyl (C=O) groups excluding carboxylic acids is 1. The van der Waals surface area contributed by atoms with E-state index < -0.39 is 12.1 Å². The molecule has 2 unspecified atom stereocenters. The number of imidazole rings is 1. The molecule has 1 saturated heterocycles. The lowest BCUT2D eigenvalue weighted by Gasteiger charge is -2.29. The number of nitrogens with one attached hydrogen (secondary N) is 2. The Morgan fingerprint density at radius 3 is 2.69 bits per heavy atom. The molecule has 0 bridgehead atoms. The first-order valence-corrected chi connectivity index (χ1v) is 10.3. The molecule has 3 rings (SSSR count).